The molecule has 0 aliphatic carbocycles. The summed E-state index contributed by atoms with van der Waals surface area (Å²) in [6.07, 6.45) is 6.45. The minimum absolute atomic E-state index is 0.223. The van der Waals surface area contributed by atoms with E-state index in [0.29, 0.717) is 15.7 Å². The second-order valence-electron chi connectivity index (χ2n) is 6.84. The smallest absolute Gasteiger partial charge is 0.182 e. The van der Waals surface area contributed by atoms with Crippen LogP contribution in [0.15, 0.2) is 30.9 Å². The molecule has 0 bridgehead atoms. The zero-order valence-corrected chi connectivity index (χ0v) is 16.9. The quantitative estimate of drug-likeness (QED) is 0.562. The third-order valence-corrected chi connectivity index (χ3v) is 5.63. The Morgan fingerprint density at radius 1 is 1.14 bits per heavy atom. The van der Waals surface area contributed by atoms with Crippen LogP contribution in [0.1, 0.15) is 19.3 Å². The van der Waals surface area contributed by atoms with E-state index in [2.05, 4.69) is 30.2 Å². The van der Waals surface area contributed by atoms with Gasteiger partial charge in [-0.2, -0.15) is 0 Å². The number of rotatable bonds is 7. The van der Waals surface area contributed by atoms with Crippen molar-refractivity contribution in [3.8, 4) is 5.75 Å². The highest BCUT2D eigenvalue weighted by molar-refractivity contribution is 6.42. The topological polar surface area (TPSA) is 79.0 Å². The monoisotopic (exact) mass is 420 g/mol. The number of benzene rings is 1. The van der Waals surface area contributed by atoms with Crippen LogP contribution in [0.2, 0.25) is 10.0 Å². The number of hydrogen-bond donors (Lipinski definition) is 2. The number of fused-ring (bicyclic) bond motifs is 1. The molecular formula is C19H22Cl2N6O. The Bertz CT molecular complexity index is 926. The molecule has 2 N–H and O–H groups in total. The molecule has 0 amide bonds. The maximum Gasteiger partial charge on any atom is 0.182 e. The molecule has 1 aliphatic rings. The van der Waals surface area contributed by atoms with E-state index >= 15 is 0 Å². The number of aromatic nitrogens is 4. The molecule has 0 unspecified atom stereocenters. The molecule has 0 radical (unpaired) electrons. The highest BCUT2D eigenvalue weighted by Gasteiger charge is 2.20. The first kappa shape index (κ1) is 19.2. The molecule has 1 saturated heterocycles. The first-order valence-corrected chi connectivity index (χ1v) is 10.2. The zero-order valence-electron chi connectivity index (χ0n) is 15.4. The normalized spacial score (nSPS) is 15.8. The summed E-state index contributed by atoms with van der Waals surface area (Å²) in [7, 11) is 0. The van der Waals surface area contributed by atoms with Crippen LogP contribution in [-0.4, -0.2) is 57.1 Å². The second-order valence-corrected chi connectivity index (χ2v) is 7.65. The van der Waals surface area contributed by atoms with Gasteiger partial charge in [-0.25, -0.2) is 15.0 Å². The van der Waals surface area contributed by atoms with E-state index in [0.717, 1.165) is 62.5 Å². The molecule has 1 aromatic carbocycles. The van der Waals surface area contributed by atoms with Crippen molar-refractivity contribution >= 4 is 40.2 Å². The molecule has 1 fully saturated rings. The van der Waals surface area contributed by atoms with Gasteiger partial charge in [-0.15, -0.1) is 0 Å². The summed E-state index contributed by atoms with van der Waals surface area (Å²) in [5.41, 5.74) is 1.53. The number of likely N-dealkylation sites (tertiary alicyclic amines) is 1. The molecule has 0 atom stereocenters. The Labute approximate surface area is 173 Å². The lowest BCUT2D eigenvalue weighted by Gasteiger charge is -2.32. The Morgan fingerprint density at radius 3 is 2.82 bits per heavy atom. The summed E-state index contributed by atoms with van der Waals surface area (Å²) in [4.78, 5) is 18.1. The lowest BCUT2D eigenvalue weighted by molar-refractivity contribution is 0.100. The minimum atomic E-state index is 0.223. The van der Waals surface area contributed by atoms with Crippen molar-refractivity contribution < 1.29 is 4.74 Å². The molecule has 9 heteroatoms. The van der Waals surface area contributed by atoms with Gasteiger partial charge in [0.15, 0.2) is 11.5 Å². The maximum absolute atomic E-state index is 6.06. The summed E-state index contributed by atoms with van der Waals surface area (Å²) in [6, 6.07) is 5.43. The summed E-state index contributed by atoms with van der Waals surface area (Å²) in [5, 5.41) is 4.44. The molecule has 0 spiro atoms. The fraction of sp³-hybridized carbons (Fsp3) is 0.421. The number of anilines is 1. The number of ether oxygens (including phenoxy) is 1. The highest BCUT2D eigenvalue weighted by Crippen LogP contribution is 2.28. The fourth-order valence-corrected chi connectivity index (χ4v) is 3.69. The van der Waals surface area contributed by atoms with Crippen molar-refractivity contribution in [2.24, 2.45) is 0 Å². The fourth-order valence-electron chi connectivity index (χ4n) is 3.40. The minimum Gasteiger partial charge on any atom is -0.490 e. The van der Waals surface area contributed by atoms with Gasteiger partial charge in [-0.1, -0.05) is 23.2 Å². The summed E-state index contributed by atoms with van der Waals surface area (Å²) in [6.45, 7) is 3.96. The van der Waals surface area contributed by atoms with Crippen LogP contribution in [0.25, 0.3) is 11.2 Å². The zero-order chi connectivity index (χ0) is 19.3. The van der Waals surface area contributed by atoms with E-state index < -0.39 is 0 Å². The molecule has 3 aromatic rings. The average molecular weight is 421 g/mol. The first-order valence-electron chi connectivity index (χ1n) is 9.41. The Hall–Kier alpha value is -2.09. The van der Waals surface area contributed by atoms with E-state index in [1.165, 1.54) is 6.33 Å². The van der Waals surface area contributed by atoms with Crippen molar-refractivity contribution in [2.75, 3.05) is 31.5 Å². The standard InChI is InChI=1S/C19H22Cl2N6O/c20-15-3-2-14(10-16(15)21)28-13-4-8-27(9-5-13)7-1-6-22-18-17-19(24-11-23-17)26-12-25-18/h2-3,10-13H,1,4-9H2,(H2,22,23,24,25,26). The predicted molar refractivity (Wildman–Crippen MR) is 111 cm³/mol. The van der Waals surface area contributed by atoms with Gasteiger partial charge in [0.2, 0.25) is 0 Å². The Kier molecular flexibility index (Phi) is 6.14. The van der Waals surface area contributed by atoms with Crippen molar-refractivity contribution in [2.45, 2.75) is 25.4 Å². The average Bonchev–Trinajstić information content (AvgIpc) is 3.19. The van der Waals surface area contributed by atoms with Crippen LogP contribution in [0.3, 0.4) is 0 Å². The summed E-state index contributed by atoms with van der Waals surface area (Å²) in [5.74, 6) is 1.59. The van der Waals surface area contributed by atoms with E-state index in [9.17, 15) is 0 Å². The Balaban J connectivity index is 1.17. The summed E-state index contributed by atoms with van der Waals surface area (Å²) >= 11 is 12.0. The second kappa shape index (κ2) is 8.94. The molecule has 7 nitrogen and oxygen atoms in total. The molecule has 2 aromatic heterocycles. The molecule has 3 heterocycles. The van der Waals surface area contributed by atoms with E-state index in [1.54, 1.807) is 18.5 Å². The molecule has 148 valence electrons. The first-order chi connectivity index (χ1) is 13.7. The van der Waals surface area contributed by atoms with Crippen molar-refractivity contribution in [3.63, 3.8) is 0 Å². The van der Waals surface area contributed by atoms with Crippen LogP contribution in [0.5, 0.6) is 5.75 Å². The lowest BCUT2D eigenvalue weighted by Crippen LogP contribution is -2.39. The number of nitrogens with one attached hydrogen (secondary N) is 2. The van der Waals surface area contributed by atoms with E-state index in [-0.39, 0.29) is 6.10 Å². The largest absolute Gasteiger partial charge is 0.490 e. The number of aromatic amines is 1. The van der Waals surface area contributed by atoms with Crippen molar-refractivity contribution in [1.82, 2.24) is 24.8 Å². The number of halogens is 2. The van der Waals surface area contributed by atoms with Crippen LogP contribution < -0.4 is 10.1 Å². The van der Waals surface area contributed by atoms with Crippen molar-refractivity contribution in [3.05, 3.63) is 40.9 Å². The molecular weight excluding hydrogens is 399 g/mol. The Morgan fingerprint density at radius 2 is 2.00 bits per heavy atom. The van der Waals surface area contributed by atoms with Gasteiger partial charge in [0.05, 0.1) is 16.4 Å². The number of nitrogens with zero attached hydrogens (tertiary/aromatic N) is 4. The molecule has 0 saturated carbocycles. The van der Waals surface area contributed by atoms with Crippen LogP contribution >= 0.6 is 23.2 Å². The third kappa shape index (κ3) is 4.66. The van der Waals surface area contributed by atoms with Crippen molar-refractivity contribution in [1.29, 1.82) is 0 Å². The van der Waals surface area contributed by atoms with E-state index in [4.69, 9.17) is 27.9 Å². The van der Waals surface area contributed by atoms with Gasteiger partial charge in [-0.05, 0) is 37.9 Å². The summed E-state index contributed by atoms with van der Waals surface area (Å²) < 4.78 is 6.05. The molecule has 28 heavy (non-hydrogen) atoms. The lowest BCUT2D eigenvalue weighted by atomic mass is 10.1. The van der Waals surface area contributed by atoms with Crippen LogP contribution in [0.4, 0.5) is 5.82 Å². The van der Waals surface area contributed by atoms with E-state index in [1.807, 2.05) is 6.07 Å². The van der Waals surface area contributed by atoms with Gasteiger partial charge >= 0.3 is 0 Å². The van der Waals surface area contributed by atoms with Gasteiger partial charge in [0.1, 0.15) is 23.7 Å². The van der Waals surface area contributed by atoms with Gasteiger partial charge in [0.25, 0.3) is 0 Å². The maximum atomic E-state index is 6.06. The number of piperidine rings is 1. The number of H-pyrrole nitrogens is 1. The van der Waals surface area contributed by atoms with Gasteiger partial charge < -0.3 is 19.9 Å². The predicted octanol–water partition coefficient (Wildman–Crippen LogP) is 4.01. The SMILES string of the molecule is Clc1ccc(OC2CCN(CCCNc3ncnc4nc[nH]c34)CC2)cc1Cl. The third-order valence-electron chi connectivity index (χ3n) is 4.89. The molecule has 4 rings (SSSR count). The van der Waals surface area contributed by atoms with Crippen LogP contribution in [-0.2, 0) is 0 Å². The highest BCUT2D eigenvalue weighted by atomic mass is 35.5. The van der Waals surface area contributed by atoms with Gasteiger partial charge in [0, 0.05) is 25.7 Å². The van der Waals surface area contributed by atoms with Gasteiger partial charge in [-0.3, -0.25) is 0 Å². The number of imidazole rings is 1. The molecule has 1 aliphatic heterocycles. The number of hydrogen-bond acceptors (Lipinski definition) is 6. The van der Waals surface area contributed by atoms with Crippen LogP contribution in [0, 0.1) is 0 Å².